The molecule has 45 heavy (non-hydrogen) atoms. The molecule has 2 aliphatic rings. The molecule has 4 amide bonds. The SMILES string of the molecule is Cc1ncc(C(=O)NCc2cc3nc(-c4ccnc(N5CCC6(NC(=O)NC6=O)C(C)(C)C5)n4)ccc3cn2)cc1S(C)(=O)=O. The maximum absolute atomic E-state index is 12.8. The lowest BCUT2D eigenvalue weighted by Gasteiger charge is -2.49. The molecule has 6 heterocycles. The zero-order valence-electron chi connectivity index (χ0n) is 25.1. The van der Waals surface area contributed by atoms with Crippen molar-refractivity contribution >= 4 is 44.5 Å². The van der Waals surface area contributed by atoms with Crippen LogP contribution in [-0.4, -0.2) is 76.1 Å². The first-order valence-corrected chi connectivity index (χ1v) is 16.1. The number of anilines is 1. The maximum atomic E-state index is 12.8. The van der Waals surface area contributed by atoms with Crippen LogP contribution < -0.4 is 20.9 Å². The van der Waals surface area contributed by atoms with Gasteiger partial charge in [-0.05, 0) is 43.7 Å². The molecule has 4 aromatic rings. The summed E-state index contributed by atoms with van der Waals surface area (Å²) < 4.78 is 24.1. The number of aromatic nitrogens is 5. The van der Waals surface area contributed by atoms with Crippen LogP contribution in [0.25, 0.3) is 22.3 Å². The standard InChI is InChI=1S/C30H31N9O5S/c1-17-24(45(4,43)44)11-19(14-32-17)25(40)34-15-20-12-23-18(13-33-20)5-6-21(35-23)22-7-9-31-27(36-22)39-10-8-30(29(2,3)16-39)26(41)37-28(42)38-30/h5-7,9,11-14H,8,10,15-16H2,1-4H3,(H,34,40)(H2,37,38,41,42). The predicted molar refractivity (Wildman–Crippen MR) is 164 cm³/mol. The summed E-state index contributed by atoms with van der Waals surface area (Å²) in [6.07, 6.45) is 6.14. The second kappa shape index (κ2) is 10.8. The number of pyridine rings is 3. The highest BCUT2D eigenvalue weighted by molar-refractivity contribution is 7.90. The van der Waals surface area contributed by atoms with E-state index in [2.05, 4.69) is 30.9 Å². The number of amides is 4. The van der Waals surface area contributed by atoms with Crippen molar-refractivity contribution in [3.8, 4) is 11.4 Å². The highest BCUT2D eigenvalue weighted by Crippen LogP contribution is 2.41. The molecular weight excluding hydrogens is 598 g/mol. The van der Waals surface area contributed by atoms with Crippen LogP contribution in [0.3, 0.4) is 0 Å². The number of carbonyl (C=O) groups excluding carboxylic acids is 3. The Morgan fingerprint density at radius 2 is 1.82 bits per heavy atom. The highest BCUT2D eigenvalue weighted by atomic mass is 32.2. The van der Waals surface area contributed by atoms with Crippen LogP contribution in [0.15, 0.2) is 53.8 Å². The maximum Gasteiger partial charge on any atom is 0.322 e. The number of hydrogen-bond acceptors (Lipinski definition) is 11. The molecule has 6 rings (SSSR count). The lowest BCUT2D eigenvalue weighted by Crippen LogP contribution is -2.66. The molecule has 15 heteroatoms. The van der Waals surface area contributed by atoms with E-state index in [-0.39, 0.29) is 22.9 Å². The van der Waals surface area contributed by atoms with Crippen LogP contribution in [0.2, 0.25) is 0 Å². The zero-order chi connectivity index (χ0) is 32.1. The number of imide groups is 1. The van der Waals surface area contributed by atoms with Gasteiger partial charge in [-0.2, -0.15) is 0 Å². The van der Waals surface area contributed by atoms with Gasteiger partial charge in [-0.3, -0.25) is 24.9 Å². The Labute approximate surface area is 259 Å². The van der Waals surface area contributed by atoms with Gasteiger partial charge < -0.3 is 15.5 Å². The summed E-state index contributed by atoms with van der Waals surface area (Å²) in [6, 6.07) is 8.10. The second-order valence-corrected chi connectivity index (χ2v) is 13.9. The predicted octanol–water partition coefficient (Wildman–Crippen LogP) is 1.94. The van der Waals surface area contributed by atoms with Gasteiger partial charge in [0.05, 0.1) is 45.3 Å². The van der Waals surface area contributed by atoms with Gasteiger partial charge in [0, 0.05) is 48.7 Å². The quantitative estimate of drug-likeness (QED) is 0.264. The molecule has 232 valence electrons. The average Bonchev–Trinajstić information content (AvgIpc) is 3.30. The highest BCUT2D eigenvalue weighted by Gasteiger charge is 2.58. The Hall–Kier alpha value is -5.05. The first-order valence-electron chi connectivity index (χ1n) is 14.2. The first-order chi connectivity index (χ1) is 21.3. The minimum atomic E-state index is -3.53. The Balaban J connectivity index is 1.19. The van der Waals surface area contributed by atoms with Crippen LogP contribution in [-0.2, 0) is 21.2 Å². The molecule has 4 aromatic heterocycles. The molecular formula is C30H31N9O5S. The lowest BCUT2D eigenvalue weighted by molar-refractivity contribution is -0.129. The van der Waals surface area contributed by atoms with Crippen molar-refractivity contribution in [3.05, 3.63) is 65.9 Å². The molecule has 0 saturated carbocycles. The number of sulfone groups is 1. The number of nitrogens with one attached hydrogen (secondary N) is 3. The number of piperidine rings is 1. The Kier molecular flexibility index (Phi) is 7.22. The van der Waals surface area contributed by atoms with Gasteiger partial charge in [0.2, 0.25) is 5.95 Å². The third-order valence-corrected chi connectivity index (χ3v) is 9.60. The molecule has 0 aliphatic carbocycles. The molecule has 3 N–H and O–H groups in total. The molecule has 2 fully saturated rings. The van der Waals surface area contributed by atoms with Crippen molar-refractivity contribution < 1.29 is 22.8 Å². The van der Waals surface area contributed by atoms with Crippen LogP contribution in [0.4, 0.5) is 10.7 Å². The summed E-state index contributed by atoms with van der Waals surface area (Å²) in [5.74, 6) is -0.300. The van der Waals surface area contributed by atoms with Crippen molar-refractivity contribution in [2.75, 3.05) is 24.2 Å². The zero-order valence-corrected chi connectivity index (χ0v) is 25.9. The summed E-state index contributed by atoms with van der Waals surface area (Å²) in [7, 11) is -3.53. The van der Waals surface area contributed by atoms with Gasteiger partial charge >= 0.3 is 6.03 Å². The van der Waals surface area contributed by atoms with Crippen LogP contribution in [0.1, 0.15) is 42.0 Å². The van der Waals surface area contributed by atoms with Crippen LogP contribution >= 0.6 is 0 Å². The van der Waals surface area contributed by atoms with Crippen molar-refractivity contribution in [3.63, 3.8) is 0 Å². The fourth-order valence-corrected chi connectivity index (χ4v) is 6.80. The van der Waals surface area contributed by atoms with Gasteiger partial charge in [-0.25, -0.2) is 28.2 Å². The lowest BCUT2D eigenvalue weighted by atomic mass is 9.67. The second-order valence-electron chi connectivity index (χ2n) is 11.9. The topological polar surface area (TPSA) is 189 Å². The molecule has 2 aliphatic heterocycles. The molecule has 1 atom stereocenters. The fourth-order valence-electron chi connectivity index (χ4n) is 5.87. The van der Waals surface area contributed by atoms with Gasteiger partial charge in [-0.15, -0.1) is 0 Å². The number of rotatable bonds is 6. The van der Waals surface area contributed by atoms with E-state index in [4.69, 9.17) is 9.97 Å². The molecule has 1 spiro atoms. The Bertz CT molecular complexity index is 2000. The summed E-state index contributed by atoms with van der Waals surface area (Å²) in [5, 5.41) is 8.77. The average molecular weight is 630 g/mol. The minimum absolute atomic E-state index is 0.00576. The molecule has 0 radical (unpaired) electrons. The fraction of sp³-hybridized carbons (Fsp3) is 0.333. The van der Waals surface area contributed by atoms with E-state index >= 15 is 0 Å². The normalized spacial score (nSPS) is 19.4. The van der Waals surface area contributed by atoms with Gasteiger partial charge in [0.25, 0.3) is 11.8 Å². The number of hydrogen-bond donors (Lipinski definition) is 3. The van der Waals surface area contributed by atoms with E-state index in [9.17, 15) is 22.8 Å². The smallest absolute Gasteiger partial charge is 0.322 e. The van der Waals surface area contributed by atoms with Crippen LogP contribution in [0.5, 0.6) is 0 Å². The van der Waals surface area contributed by atoms with Crippen molar-refractivity contribution in [1.29, 1.82) is 0 Å². The van der Waals surface area contributed by atoms with Gasteiger partial charge in [0.15, 0.2) is 9.84 Å². The van der Waals surface area contributed by atoms with Crippen molar-refractivity contribution in [2.24, 2.45) is 5.41 Å². The number of carbonyl (C=O) groups is 3. The number of nitrogens with zero attached hydrogens (tertiary/aromatic N) is 6. The molecule has 0 bridgehead atoms. The molecule has 2 saturated heterocycles. The molecule has 0 aromatic carbocycles. The summed E-state index contributed by atoms with van der Waals surface area (Å²) in [5.41, 5.74) is 1.29. The first kappa shape index (κ1) is 30.0. The number of aryl methyl sites for hydroxylation is 1. The largest absolute Gasteiger partial charge is 0.346 e. The van der Waals surface area contributed by atoms with E-state index in [1.54, 1.807) is 31.5 Å². The van der Waals surface area contributed by atoms with Gasteiger partial charge in [-0.1, -0.05) is 13.8 Å². The third kappa shape index (κ3) is 5.54. The number of fused-ring (bicyclic) bond motifs is 1. The Morgan fingerprint density at radius 3 is 2.53 bits per heavy atom. The Morgan fingerprint density at radius 1 is 1.04 bits per heavy atom. The van der Waals surface area contributed by atoms with E-state index < -0.39 is 32.7 Å². The monoisotopic (exact) mass is 629 g/mol. The van der Waals surface area contributed by atoms with Crippen molar-refractivity contribution in [1.82, 2.24) is 40.9 Å². The van der Waals surface area contributed by atoms with Gasteiger partial charge in [0.1, 0.15) is 5.54 Å². The van der Waals surface area contributed by atoms with E-state index in [0.717, 1.165) is 11.6 Å². The third-order valence-electron chi connectivity index (χ3n) is 8.39. The summed E-state index contributed by atoms with van der Waals surface area (Å²) in [6.45, 7) is 6.47. The number of urea groups is 1. The summed E-state index contributed by atoms with van der Waals surface area (Å²) >= 11 is 0. The van der Waals surface area contributed by atoms with E-state index in [1.165, 1.54) is 12.3 Å². The molecule has 1 unspecified atom stereocenters. The minimum Gasteiger partial charge on any atom is -0.346 e. The van der Waals surface area contributed by atoms with E-state index in [1.807, 2.05) is 30.9 Å². The van der Waals surface area contributed by atoms with E-state index in [0.29, 0.717) is 53.8 Å². The molecule has 14 nitrogen and oxygen atoms in total. The summed E-state index contributed by atoms with van der Waals surface area (Å²) in [4.78, 5) is 61.9. The van der Waals surface area contributed by atoms with Crippen molar-refractivity contribution in [2.45, 2.75) is 44.2 Å². The van der Waals surface area contributed by atoms with Crippen LogP contribution in [0, 0.1) is 12.3 Å².